The molecule has 2 aromatic carbocycles. The average Bonchev–Trinajstić information content (AvgIpc) is 2.72. The Morgan fingerprint density at radius 1 is 0.941 bits per heavy atom. The van der Waals surface area contributed by atoms with Gasteiger partial charge >= 0.3 is 0 Å². The number of aryl methyl sites for hydroxylation is 1. The van der Waals surface area contributed by atoms with Crippen molar-refractivity contribution in [3.05, 3.63) is 58.6 Å². The summed E-state index contributed by atoms with van der Waals surface area (Å²) in [7, 11) is 0. The van der Waals surface area contributed by atoms with Crippen molar-refractivity contribution in [2.24, 2.45) is 0 Å². The van der Waals surface area contributed by atoms with E-state index in [1.165, 1.54) is 26.1 Å². The number of hydrogen-bond donors (Lipinski definition) is 0. The van der Waals surface area contributed by atoms with Crippen molar-refractivity contribution in [3.63, 3.8) is 0 Å². The minimum Gasteiger partial charge on any atom is -0.135 e. The average molecular weight is 303 g/mol. The zero-order valence-electron chi connectivity index (χ0n) is 9.41. The topological polar surface area (TPSA) is 0 Å². The second-order valence-electron chi connectivity index (χ2n) is 4.16. The van der Waals surface area contributed by atoms with E-state index in [1.54, 1.807) is 0 Å². The summed E-state index contributed by atoms with van der Waals surface area (Å²) in [5, 5.41) is 1.33. The lowest BCUT2D eigenvalue weighted by Gasteiger charge is -1.96. The van der Waals surface area contributed by atoms with Crippen LogP contribution in [0.2, 0.25) is 0 Å². The van der Waals surface area contributed by atoms with Crippen LogP contribution in [0, 0.1) is 6.92 Å². The molecule has 0 saturated heterocycles. The fourth-order valence-electron chi connectivity index (χ4n) is 1.89. The number of hydrogen-bond acceptors (Lipinski definition) is 1. The van der Waals surface area contributed by atoms with E-state index in [4.69, 9.17) is 0 Å². The van der Waals surface area contributed by atoms with Gasteiger partial charge in [-0.2, -0.15) is 0 Å². The highest BCUT2D eigenvalue weighted by molar-refractivity contribution is 9.10. The maximum absolute atomic E-state index is 3.47. The van der Waals surface area contributed by atoms with Crippen molar-refractivity contribution in [2.75, 3.05) is 0 Å². The zero-order valence-corrected chi connectivity index (χ0v) is 11.8. The third-order valence-corrected chi connectivity index (χ3v) is 4.48. The Kier molecular flexibility index (Phi) is 2.77. The lowest BCUT2D eigenvalue weighted by Crippen LogP contribution is -1.70. The molecule has 0 aliphatic carbocycles. The van der Waals surface area contributed by atoms with E-state index in [0.29, 0.717) is 0 Å². The molecule has 1 heterocycles. The van der Waals surface area contributed by atoms with Crippen LogP contribution < -0.4 is 0 Å². The van der Waals surface area contributed by atoms with Gasteiger partial charge in [0, 0.05) is 14.0 Å². The van der Waals surface area contributed by atoms with E-state index >= 15 is 0 Å². The smallest absolute Gasteiger partial charge is 0.0355 e. The van der Waals surface area contributed by atoms with Crippen LogP contribution in [0.15, 0.2) is 53.0 Å². The molecule has 17 heavy (non-hydrogen) atoms. The Bertz CT molecular complexity index is 665. The lowest BCUT2D eigenvalue weighted by atomic mass is 10.1. The highest BCUT2D eigenvalue weighted by atomic mass is 79.9. The number of thiophene rings is 1. The lowest BCUT2D eigenvalue weighted by molar-refractivity contribution is 1.52. The standard InChI is InChI=1S/C15H11BrS/c1-10-2-3-12-9-15(17-14(12)8-10)11-4-6-13(16)7-5-11/h2-9H,1H3. The third-order valence-electron chi connectivity index (χ3n) is 2.80. The molecule has 0 nitrogen and oxygen atoms in total. The first kappa shape index (κ1) is 11.0. The molecule has 84 valence electrons. The Morgan fingerprint density at radius 2 is 1.71 bits per heavy atom. The molecule has 0 radical (unpaired) electrons. The summed E-state index contributed by atoms with van der Waals surface area (Å²) in [6.07, 6.45) is 0. The maximum Gasteiger partial charge on any atom is 0.0355 e. The number of rotatable bonds is 1. The fraction of sp³-hybridized carbons (Fsp3) is 0.0667. The summed E-state index contributed by atoms with van der Waals surface area (Å²) in [4.78, 5) is 1.33. The summed E-state index contributed by atoms with van der Waals surface area (Å²) < 4.78 is 2.49. The fourth-order valence-corrected chi connectivity index (χ4v) is 3.33. The molecule has 0 N–H and O–H groups in total. The van der Waals surface area contributed by atoms with E-state index in [0.717, 1.165) is 4.47 Å². The monoisotopic (exact) mass is 302 g/mol. The van der Waals surface area contributed by atoms with E-state index in [1.807, 2.05) is 11.3 Å². The van der Waals surface area contributed by atoms with Gasteiger partial charge in [-0.15, -0.1) is 11.3 Å². The van der Waals surface area contributed by atoms with Gasteiger partial charge in [-0.05, 0) is 47.7 Å². The first-order valence-corrected chi connectivity index (χ1v) is 7.09. The van der Waals surface area contributed by atoms with E-state index in [-0.39, 0.29) is 0 Å². The summed E-state index contributed by atoms with van der Waals surface area (Å²) in [5.74, 6) is 0. The summed E-state index contributed by atoms with van der Waals surface area (Å²) in [6, 6.07) is 17.4. The minimum absolute atomic E-state index is 1.12. The van der Waals surface area contributed by atoms with Gasteiger partial charge in [-0.25, -0.2) is 0 Å². The predicted molar refractivity (Wildman–Crippen MR) is 79.7 cm³/mol. The van der Waals surface area contributed by atoms with Crippen molar-refractivity contribution >= 4 is 37.4 Å². The molecule has 3 rings (SSSR count). The highest BCUT2D eigenvalue weighted by Gasteiger charge is 2.04. The second-order valence-corrected chi connectivity index (χ2v) is 6.16. The van der Waals surface area contributed by atoms with Crippen LogP contribution >= 0.6 is 27.3 Å². The number of benzene rings is 2. The van der Waals surface area contributed by atoms with Crippen molar-refractivity contribution < 1.29 is 0 Å². The molecule has 0 aliphatic heterocycles. The van der Waals surface area contributed by atoms with Crippen LogP contribution in [0.4, 0.5) is 0 Å². The van der Waals surface area contributed by atoms with Gasteiger partial charge in [-0.3, -0.25) is 0 Å². The molecule has 0 atom stereocenters. The largest absolute Gasteiger partial charge is 0.135 e. The Labute approximate surface area is 113 Å². The molecular weight excluding hydrogens is 292 g/mol. The van der Waals surface area contributed by atoms with Crippen molar-refractivity contribution in [1.82, 2.24) is 0 Å². The zero-order chi connectivity index (χ0) is 11.8. The van der Waals surface area contributed by atoms with Crippen LogP contribution in [-0.2, 0) is 0 Å². The van der Waals surface area contributed by atoms with E-state index < -0.39 is 0 Å². The van der Waals surface area contributed by atoms with Crippen LogP contribution in [-0.4, -0.2) is 0 Å². The first-order chi connectivity index (χ1) is 8.22. The van der Waals surface area contributed by atoms with E-state index in [9.17, 15) is 0 Å². The summed E-state index contributed by atoms with van der Waals surface area (Å²) >= 11 is 5.32. The Morgan fingerprint density at radius 3 is 2.47 bits per heavy atom. The highest BCUT2D eigenvalue weighted by Crippen LogP contribution is 2.34. The van der Waals surface area contributed by atoms with Crippen molar-refractivity contribution in [3.8, 4) is 10.4 Å². The molecule has 0 spiro atoms. The van der Waals surface area contributed by atoms with Gasteiger partial charge in [-0.1, -0.05) is 40.2 Å². The third kappa shape index (κ3) is 2.15. The Hall–Kier alpha value is -1.12. The van der Waals surface area contributed by atoms with Crippen LogP contribution in [0.5, 0.6) is 0 Å². The van der Waals surface area contributed by atoms with E-state index in [2.05, 4.69) is 71.4 Å². The van der Waals surface area contributed by atoms with Gasteiger partial charge in [0.25, 0.3) is 0 Å². The normalized spacial score (nSPS) is 10.9. The van der Waals surface area contributed by atoms with Crippen LogP contribution in [0.25, 0.3) is 20.5 Å². The molecular formula is C15H11BrS. The van der Waals surface area contributed by atoms with Gasteiger partial charge in [0.1, 0.15) is 0 Å². The molecule has 0 bridgehead atoms. The Balaban J connectivity index is 2.14. The number of fused-ring (bicyclic) bond motifs is 1. The van der Waals surface area contributed by atoms with Gasteiger partial charge in [0.15, 0.2) is 0 Å². The van der Waals surface area contributed by atoms with Crippen LogP contribution in [0.3, 0.4) is 0 Å². The molecule has 0 aliphatic rings. The molecule has 1 aromatic heterocycles. The molecule has 0 amide bonds. The molecule has 0 unspecified atom stereocenters. The molecule has 0 saturated carbocycles. The predicted octanol–water partition coefficient (Wildman–Crippen LogP) is 5.64. The summed E-state index contributed by atoms with van der Waals surface area (Å²) in [6.45, 7) is 2.14. The van der Waals surface area contributed by atoms with Gasteiger partial charge < -0.3 is 0 Å². The minimum atomic E-state index is 1.12. The second kappa shape index (κ2) is 4.28. The molecule has 3 aromatic rings. The molecule has 2 heteroatoms. The summed E-state index contributed by atoms with van der Waals surface area (Å²) in [5.41, 5.74) is 2.61. The molecule has 0 fully saturated rings. The van der Waals surface area contributed by atoms with Crippen LogP contribution in [0.1, 0.15) is 5.56 Å². The van der Waals surface area contributed by atoms with Crippen molar-refractivity contribution in [1.29, 1.82) is 0 Å². The van der Waals surface area contributed by atoms with Gasteiger partial charge in [0.2, 0.25) is 0 Å². The quantitative estimate of drug-likeness (QED) is 0.546. The number of halogens is 1. The SMILES string of the molecule is Cc1ccc2cc(-c3ccc(Br)cc3)sc2c1. The van der Waals surface area contributed by atoms with Gasteiger partial charge in [0.05, 0.1) is 0 Å². The maximum atomic E-state index is 3.47. The first-order valence-electron chi connectivity index (χ1n) is 5.48. The van der Waals surface area contributed by atoms with Crippen molar-refractivity contribution in [2.45, 2.75) is 6.92 Å².